The van der Waals surface area contributed by atoms with Crippen molar-refractivity contribution in [3.8, 4) is 0 Å². The molecule has 3 aromatic rings. The lowest BCUT2D eigenvalue weighted by atomic mass is 10.1. The van der Waals surface area contributed by atoms with Crippen LogP contribution < -0.4 is 0 Å². The fourth-order valence-electron chi connectivity index (χ4n) is 3.75. The number of ether oxygens (including phenoxy) is 1. The van der Waals surface area contributed by atoms with Crippen molar-refractivity contribution in [2.75, 3.05) is 13.2 Å². The number of para-hydroxylation sites is 1. The zero-order valence-corrected chi connectivity index (χ0v) is 16.1. The van der Waals surface area contributed by atoms with E-state index in [9.17, 15) is 14.4 Å². The van der Waals surface area contributed by atoms with Crippen LogP contribution in [-0.4, -0.2) is 40.7 Å². The van der Waals surface area contributed by atoms with Crippen molar-refractivity contribution in [1.29, 1.82) is 0 Å². The quantitative estimate of drug-likeness (QED) is 0.491. The van der Waals surface area contributed by atoms with Crippen LogP contribution in [0.1, 0.15) is 35.0 Å². The van der Waals surface area contributed by atoms with Crippen molar-refractivity contribution in [3.63, 3.8) is 0 Å². The second-order valence-electron chi connectivity index (χ2n) is 7.18. The number of aryl methyl sites for hydroxylation is 1. The first-order chi connectivity index (χ1) is 14.1. The fourth-order valence-corrected chi connectivity index (χ4v) is 3.75. The van der Waals surface area contributed by atoms with Crippen LogP contribution in [0.25, 0.3) is 10.9 Å². The fraction of sp³-hybridized carbons (Fsp3) is 0.318. The summed E-state index contributed by atoms with van der Waals surface area (Å²) in [7, 11) is 0. The summed E-state index contributed by atoms with van der Waals surface area (Å²) >= 11 is 0. The minimum Gasteiger partial charge on any atom is -0.467 e. The van der Waals surface area contributed by atoms with Crippen LogP contribution in [0, 0.1) is 5.92 Å². The molecule has 1 aliphatic heterocycles. The summed E-state index contributed by atoms with van der Waals surface area (Å²) in [5.41, 5.74) is 2.56. The average molecular weight is 394 g/mol. The maximum atomic E-state index is 12.6. The molecule has 0 saturated carbocycles. The highest BCUT2D eigenvalue weighted by atomic mass is 16.5. The number of amides is 1. The lowest BCUT2D eigenvalue weighted by molar-refractivity contribution is -0.147. The lowest BCUT2D eigenvalue weighted by Crippen LogP contribution is -2.27. The molecule has 7 heteroatoms. The Hall–Kier alpha value is -3.35. The molecule has 29 heavy (non-hydrogen) atoms. The van der Waals surface area contributed by atoms with Gasteiger partial charge in [0, 0.05) is 35.6 Å². The number of H-pyrrole nitrogens is 1. The van der Waals surface area contributed by atoms with Crippen LogP contribution in [0.15, 0.2) is 47.2 Å². The third kappa shape index (κ3) is 3.81. The van der Waals surface area contributed by atoms with Gasteiger partial charge < -0.3 is 19.0 Å². The van der Waals surface area contributed by atoms with Gasteiger partial charge in [0.1, 0.15) is 5.76 Å². The summed E-state index contributed by atoms with van der Waals surface area (Å²) in [6, 6.07) is 9.33. The Balaban J connectivity index is 1.36. The zero-order chi connectivity index (χ0) is 20.4. The Morgan fingerprint density at radius 1 is 1.28 bits per heavy atom. The average Bonchev–Trinajstić information content (AvgIpc) is 3.46. The van der Waals surface area contributed by atoms with Gasteiger partial charge in [-0.25, -0.2) is 0 Å². The Kier molecular flexibility index (Phi) is 5.20. The normalized spacial score (nSPS) is 16.5. The number of esters is 1. The summed E-state index contributed by atoms with van der Waals surface area (Å²) < 4.78 is 10.5. The number of nitrogens with zero attached hydrogens (tertiary/aromatic N) is 1. The third-order valence-electron chi connectivity index (χ3n) is 5.30. The second-order valence-corrected chi connectivity index (χ2v) is 7.18. The predicted molar refractivity (Wildman–Crippen MR) is 105 cm³/mol. The number of ketones is 1. The van der Waals surface area contributed by atoms with Crippen molar-refractivity contribution in [2.24, 2.45) is 5.92 Å². The number of furan rings is 1. The van der Waals surface area contributed by atoms with Crippen LogP contribution in [-0.2, 0) is 27.3 Å². The molecule has 150 valence electrons. The monoisotopic (exact) mass is 394 g/mol. The molecule has 0 aliphatic carbocycles. The van der Waals surface area contributed by atoms with Gasteiger partial charge in [0.05, 0.1) is 18.7 Å². The van der Waals surface area contributed by atoms with E-state index < -0.39 is 11.9 Å². The molecule has 0 bridgehead atoms. The molecule has 0 unspecified atom stereocenters. The molecule has 1 fully saturated rings. The van der Waals surface area contributed by atoms with Crippen LogP contribution in [0.4, 0.5) is 0 Å². The number of benzene rings is 1. The standard InChI is InChI=1S/C22H22N2O5/c1-2-14-5-3-7-17-18(10-23-21(14)17)19(25)13-29-22(27)15-9-20(26)24(11-15)12-16-6-4-8-28-16/h3-8,10,15,23H,2,9,11-13H2,1H3/t15-/m1/s1. The van der Waals surface area contributed by atoms with E-state index in [2.05, 4.69) is 11.9 Å². The first kappa shape index (κ1) is 19.0. The summed E-state index contributed by atoms with van der Waals surface area (Å²) in [6.45, 7) is 2.30. The minimum absolute atomic E-state index is 0.0840. The topological polar surface area (TPSA) is 92.6 Å². The molecule has 1 N–H and O–H groups in total. The number of nitrogens with one attached hydrogen (secondary N) is 1. The predicted octanol–water partition coefficient (Wildman–Crippen LogP) is 3.10. The third-order valence-corrected chi connectivity index (χ3v) is 5.30. The number of hydrogen-bond donors (Lipinski definition) is 1. The number of Topliss-reactive ketones (excluding diaryl/α,β-unsaturated/α-hetero) is 1. The zero-order valence-electron chi connectivity index (χ0n) is 16.1. The highest BCUT2D eigenvalue weighted by Crippen LogP contribution is 2.24. The molecule has 1 atom stereocenters. The van der Waals surface area contributed by atoms with Crippen LogP contribution in [0.3, 0.4) is 0 Å². The van der Waals surface area contributed by atoms with Gasteiger partial charge in [0.25, 0.3) is 0 Å². The van der Waals surface area contributed by atoms with Gasteiger partial charge in [-0.2, -0.15) is 0 Å². The largest absolute Gasteiger partial charge is 0.467 e. The van der Waals surface area contributed by atoms with E-state index in [0.717, 1.165) is 22.9 Å². The van der Waals surface area contributed by atoms with E-state index in [1.54, 1.807) is 29.5 Å². The van der Waals surface area contributed by atoms with Gasteiger partial charge in [-0.1, -0.05) is 25.1 Å². The number of likely N-dealkylation sites (tertiary alicyclic amines) is 1. The van der Waals surface area contributed by atoms with Crippen molar-refractivity contribution >= 4 is 28.6 Å². The molecular weight excluding hydrogens is 372 g/mol. The van der Waals surface area contributed by atoms with Crippen molar-refractivity contribution in [1.82, 2.24) is 9.88 Å². The molecular formula is C22H22N2O5. The van der Waals surface area contributed by atoms with E-state index >= 15 is 0 Å². The highest BCUT2D eigenvalue weighted by molar-refractivity contribution is 6.09. The SMILES string of the molecule is CCc1cccc2c(C(=O)COC(=O)[C@@H]3CC(=O)N(Cc4ccco4)C3)c[nH]c12. The summed E-state index contributed by atoms with van der Waals surface area (Å²) in [5, 5.41) is 0.825. The highest BCUT2D eigenvalue weighted by Gasteiger charge is 2.36. The number of hydrogen-bond acceptors (Lipinski definition) is 5. The Labute approximate surface area is 167 Å². The maximum Gasteiger partial charge on any atom is 0.311 e. The molecule has 1 amide bonds. The number of fused-ring (bicyclic) bond motifs is 1. The second kappa shape index (κ2) is 7.95. The first-order valence-electron chi connectivity index (χ1n) is 9.65. The van der Waals surface area contributed by atoms with Gasteiger partial charge in [0.2, 0.25) is 11.7 Å². The van der Waals surface area contributed by atoms with Gasteiger partial charge in [-0.3, -0.25) is 14.4 Å². The molecule has 1 aromatic carbocycles. The molecule has 0 radical (unpaired) electrons. The van der Waals surface area contributed by atoms with Gasteiger partial charge in [0.15, 0.2) is 6.61 Å². The molecule has 3 heterocycles. The number of aromatic nitrogens is 1. The maximum absolute atomic E-state index is 12.6. The number of aromatic amines is 1. The van der Waals surface area contributed by atoms with Gasteiger partial charge >= 0.3 is 5.97 Å². The molecule has 1 aliphatic rings. The van der Waals surface area contributed by atoms with Crippen molar-refractivity contribution < 1.29 is 23.5 Å². The molecule has 2 aromatic heterocycles. The lowest BCUT2D eigenvalue weighted by Gasteiger charge is -2.14. The van der Waals surface area contributed by atoms with Crippen LogP contribution >= 0.6 is 0 Å². The Morgan fingerprint density at radius 3 is 2.90 bits per heavy atom. The van der Waals surface area contributed by atoms with Gasteiger partial charge in [-0.05, 0) is 24.1 Å². The Bertz CT molecular complexity index is 1050. The molecule has 1 saturated heterocycles. The first-order valence-corrected chi connectivity index (χ1v) is 9.65. The van der Waals surface area contributed by atoms with E-state index in [4.69, 9.17) is 9.15 Å². The summed E-state index contributed by atoms with van der Waals surface area (Å²) in [5.74, 6) is -0.830. The van der Waals surface area contributed by atoms with Crippen molar-refractivity contribution in [2.45, 2.75) is 26.3 Å². The number of rotatable bonds is 7. The summed E-state index contributed by atoms with van der Waals surface area (Å²) in [6.07, 6.45) is 4.14. The Morgan fingerprint density at radius 2 is 2.14 bits per heavy atom. The number of carbonyl (C=O) groups excluding carboxylic acids is 3. The van der Waals surface area contributed by atoms with Gasteiger partial charge in [-0.15, -0.1) is 0 Å². The number of carbonyl (C=O) groups is 3. The minimum atomic E-state index is -0.570. The van der Waals surface area contributed by atoms with E-state index in [1.807, 2.05) is 18.2 Å². The van der Waals surface area contributed by atoms with E-state index in [0.29, 0.717) is 17.9 Å². The van der Waals surface area contributed by atoms with E-state index in [1.165, 1.54) is 0 Å². The van der Waals surface area contributed by atoms with Crippen LogP contribution in [0.5, 0.6) is 0 Å². The van der Waals surface area contributed by atoms with Crippen molar-refractivity contribution in [3.05, 3.63) is 59.7 Å². The smallest absolute Gasteiger partial charge is 0.311 e. The van der Waals surface area contributed by atoms with Crippen LogP contribution in [0.2, 0.25) is 0 Å². The molecule has 4 rings (SSSR count). The summed E-state index contributed by atoms with van der Waals surface area (Å²) in [4.78, 5) is 41.8. The molecule has 7 nitrogen and oxygen atoms in total. The van der Waals surface area contributed by atoms with E-state index in [-0.39, 0.29) is 31.3 Å². The molecule has 0 spiro atoms.